The molecule has 112 valence electrons. The highest BCUT2D eigenvalue weighted by Gasteiger charge is 2.22. The monoisotopic (exact) mass is 305 g/mol. The van der Waals surface area contributed by atoms with Crippen LogP contribution in [0.2, 0.25) is 0 Å². The van der Waals surface area contributed by atoms with Crippen LogP contribution in [-0.4, -0.2) is 4.40 Å². The fraction of sp³-hybridized carbons (Fsp3) is 0.0435. The van der Waals surface area contributed by atoms with E-state index >= 15 is 0 Å². The van der Waals surface area contributed by atoms with E-state index in [4.69, 9.17) is 0 Å². The minimum atomic E-state index is 1.03. The third-order valence-electron chi connectivity index (χ3n) is 5.45. The molecule has 0 N–H and O–H groups in total. The average Bonchev–Trinajstić information content (AvgIpc) is 3.26. The van der Waals surface area contributed by atoms with Crippen molar-refractivity contribution in [3.8, 4) is 11.1 Å². The zero-order chi connectivity index (χ0) is 15.7. The van der Waals surface area contributed by atoms with Crippen molar-refractivity contribution in [2.24, 2.45) is 0 Å². The third-order valence-corrected chi connectivity index (χ3v) is 5.45. The Labute approximate surface area is 139 Å². The first-order valence-corrected chi connectivity index (χ1v) is 8.43. The number of para-hydroxylation sites is 1. The van der Waals surface area contributed by atoms with Crippen LogP contribution < -0.4 is 0 Å². The molecule has 24 heavy (non-hydrogen) atoms. The van der Waals surface area contributed by atoms with Gasteiger partial charge in [-0.15, -0.1) is 0 Å². The van der Waals surface area contributed by atoms with Crippen molar-refractivity contribution < 1.29 is 0 Å². The van der Waals surface area contributed by atoms with Crippen LogP contribution >= 0.6 is 0 Å². The summed E-state index contributed by atoms with van der Waals surface area (Å²) in [6, 6.07) is 26.6. The summed E-state index contributed by atoms with van der Waals surface area (Å²) in [6.45, 7) is 0. The van der Waals surface area contributed by atoms with Crippen molar-refractivity contribution >= 4 is 27.2 Å². The summed E-state index contributed by atoms with van der Waals surface area (Å²) in [5.41, 5.74) is 8.30. The van der Waals surface area contributed by atoms with Gasteiger partial charge in [0, 0.05) is 17.0 Å². The third kappa shape index (κ3) is 1.40. The first-order chi connectivity index (χ1) is 11.9. The number of rotatable bonds is 0. The van der Waals surface area contributed by atoms with E-state index in [-0.39, 0.29) is 0 Å². The largest absolute Gasteiger partial charge is 0.316 e. The summed E-state index contributed by atoms with van der Waals surface area (Å²) in [7, 11) is 0. The van der Waals surface area contributed by atoms with E-state index in [0.717, 1.165) is 6.42 Å². The lowest BCUT2D eigenvalue weighted by Gasteiger charge is -2.13. The number of hydrogen-bond acceptors (Lipinski definition) is 0. The fourth-order valence-electron chi connectivity index (χ4n) is 4.43. The van der Waals surface area contributed by atoms with E-state index in [0.29, 0.717) is 0 Å². The Morgan fingerprint density at radius 3 is 2.46 bits per heavy atom. The Kier molecular flexibility index (Phi) is 2.20. The van der Waals surface area contributed by atoms with Gasteiger partial charge in [-0.3, -0.25) is 0 Å². The molecule has 3 aromatic carbocycles. The van der Waals surface area contributed by atoms with Crippen molar-refractivity contribution in [1.82, 2.24) is 4.40 Å². The van der Waals surface area contributed by atoms with Gasteiger partial charge in [0.1, 0.15) is 0 Å². The highest BCUT2D eigenvalue weighted by Crippen LogP contribution is 2.43. The summed E-state index contributed by atoms with van der Waals surface area (Å²) in [6.07, 6.45) is 3.21. The smallest absolute Gasteiger partial charge is 0.0538 e. The zero-order valence-corrected chi connectivity index (χ0v) is 13.2. The topological polar surface area (TPSA) is 4.41 Å². The van der Waals surface area contributed by atoms with Crippen LogP contribution in [-0.2, 0) is 6.42 Å². The van der Waals surface area contributed by atoms with Gasteiger partial charge in [0.2, 0.25) is 0 Å². The fourth-order valence-corrected chi connectivity index (χ4v) is 4.43. The Morgan fingerprint density at radius 2 is 1.46 bits per heavy atom. The summed E-state index contributed by atoms with van der Waals surface area (Å²) < 4.78 is 2.33. The van der Waals surface area contributed by atoms with Gasteiger partial charge in [-0.2, -0.15) is 0 Å². The van der Waals surface area contributed by atoms with Crippen LogP contribution in [0.25, 0.3) is 38.3 Å². The minimum absolute atomic E-state index is 1.03. The first-order valence-electron chi connectivity index (χ1n) is 8.43. The summed E-state index contributed by atoms with van der Waals surface area (Å²) in [5.74, 6) is 0. The molecule has 0 spiro atoms. The van der Waals surface area contributed by atoms with Crippen LogP contribution in [0.1, 0.15) is 11.1 Å². The van der Waals surface area contributed by atoms with Gasteiger partial charge >= 0.3 is 0 Å². The van der Waals surface area contributed by atoms with Crippen LogP contribution in [0.4, 0.5) is 0 Å². The van der Waals surface area contributed by atoms with Gasteiger partial charge in [0.05, 0.1) is 11.0 Å². The molecule has 0 unspecified atom stereocenters. The van der Waals surface area contributed by atoms with Crippen LogP contribution in [0, 0.1) is 0 Å². The van der Waals surface area contributed by atoms with Crippen molar-refractivity contribution in [3.63, 3.8) is 0 Å². The molecule has 0 saturated heterocycles. The summed E-state index contributed by atoms with van der Waals surface area (Å²) >= 11 is 0. The van der Waals surface area contributed by atoms with Crippen LogP contribution in [0.5, 0.6) is 0 Å². The van der Waals surface area contributed by atoms with Crippen molar-refractivity contribution in [2.45, 2.75) is 6.42 Å². The van der Waals surface area contributed by atoms with Gasteiger partial charge < -0.3 is 4.40 Å². The molecule has 1 aliphatic rings. The van der Waals surface area contributed by atoms with Crippen molar-refractivity contribution in [2.75, 3.05) is 0 Å². The second kappa shape index (κ2) is 4.27. The molecule has 0 radical (unpaired) electrons. The maximum atomic E-state index is 2.33. The normalized spacial score (nSPS) is 12.8. The zero-order valence-electron chi connectivity index (χ0n) is 13.2. The number of benzene rings is 3. The van der Waals surface area contributed by atoms with Gasteiger partial charge in [0.15, 0.2) is 0 Å². The number of fused-ring (bicyclic) bond motifs is 10. The van der Waals surface area contributed by atoms with E-state index in [1.165, 1.54) is 49.4 Å². The van der Waals surface area contributed by atoms with E-state index in [9.17, 15) is 0 Å². The predicted octanol–water partition coefficient (Wildman–Crippen LogP) is 5.82. The standard InChI is InChI=1S/C23H15N/c1-2-7-16-15(6-1)14-20-17(16)11-12-19-18-8-3-4-9-21(18)24-13-5-10-22(24)23(19)20/h1-13H,14H2. The molecular formula is C23H15N. The Hall–Kier alpha value is -3.06. The van der Waals surface area contributed by atoms with Gasteiger partial charge in [-0.05, 0) is 52.3 Å². The minimum Gasteiger partial charge on any atom is -0.316 e. The van der Waals surface area contributed by atoms with Crippen molar-refractivity contribution in [1.29, 1.82) is 0 Å². The van der Waals surface area contributed by atoms with E-state index in [1.54, 1.807) is 0 Å². The molecule has 1 heteroatoms. The number of aromatic nitrogens is 1. The Balaban J connectivity index is 1.88. The Bertz CT molecular complexity index is 1270. The molecule has 6 rings (SSSR count). The molecule has 0 bridgehead atoms. The second-order valence-corrected chi connectivity index (χ2v) is 6.63. The van der Waals surface area contributed by atoms with Gasteiger partial charge in [0.25, 0.3) is 0 Å². The lowest BCUT2D eigenvalue weighted by atomic mass is 9.96. The highest BCUT2D eigenvalue weighted by molar-refractivity contribution is 6.16. The molecule has 0 atom stereocenters. The van der Waals surface area contributed by atoms with E-state index < -0.39 is 0 Å². The molecule has 0 aliphatic heterocycles. The summed E-state index contributed by atoms with van der Waals surface area (Å²) in [4.78, 5) is 0. The molecule has 1 aliphatic carbocycles. The molecule has 5 aromatic rings. The molecule has 0 fully saturated rings. The van der Waals surface area contributed by atoms with E-state index in [2.05, 4.69) is 83.4 Å². The highest BCUT2D eigenvalue weighted by atomic mass is 14.9. The molecule has 2 heterocycles. The predicted molar refractivity (Wildman–Crippen MR) is 101 cm³/mol. The molecule has 0 amide bonds. The maximum absolute atomic E-state index is 2.33. The molecule has 2 aromatic heterocycles. The first kappa shape index (κ1) is 12.4. The quantitative estimate of drug-likeness (QED) is 0.312. The number of nitrogens with zero attached hydrogens (tertiary/aromatic N) is 1. The van der Waals surface area contributed by atoms with Crippen molar-refractivity contribution in [3.05, 3.63) is 90.1 Å². The second-order valence-electron chi connectivity index (χ2n) is 6.63. The lowest BCUT2D eigenvalue weighted by molar-refractivity contribution is 1.26. The molecular weight excluding hydrogens is 290 g/mol. The van der Waals surface area contributed by atoms with Crippen LogP contribution in [0.15, 0.2) is 79.0 Å². The SMILES string of the molecule is c1ccc2c(c1)Cc1c-2ccc2c3ccccc3n3cccc3c12. The number of pyridine rings is 1. The van der Waals surface area contributed by atoms with E-state index in [1.807, 2.05) is 0 Å². The van der Waals surface area contributed by atoms with Crippen LogP contribution in [0.3, 0.4) is 0 Å². The van der Waals surface area contributed by atoms with Gasteiger partial charge in [-0.25, -0.2) is 0 Å². The summed E-state index contributed by atoms with van der Waals surface area (Å²) in [5, 5.41) is 4.10. The average molecular weight is 305 g/mol. The maximum Gasteiger partial charge on any atom is 0.0538 e. The number of hydrogen-bond donors (Lipinski definition) is 0. The molecule has 1 nitrogen and oxygen atoms in total. The molecule has 0 saturated carbocycles. The van der Waals surface area contributed by atoms with Gasteiger partial charge in [-0.1, -0.05) is 54.6 Å². The lowest BCUT2D eigenvalue weighted by Crippen LogP contribution is -1.93. The Morgan fingerprint density at radius 1 is 0.625 bits per heavy atom.